The number of carbonyl (C=O) groups is 2. The van der Waals surface area contributed by atoms with Crippen molar-refractivity contribution in [3.63, 3.8) is 0 Å². The number of esters is 1. The van der Waals surface area contributed by atoms with Gasteiger partial charge >= 0.3 is 35.5 Å². The molecule has 0 spiro atoms. The van der Waals surface area contributed by atoms with E-state index in [-0.39, 0.29) is 53.4 Å². The van der Waals surface area contributed by atoms with Crippen molar-refractivity contribution in [2.45, 2.75) is 158 Å². The molecule has 5 rings (SSSR count). The smallest absolute Gasteiger partial charge is 0.547 e. The molecule has 2 aliphatic carbocycles. The minimum absolute atomic E-state index is 0. The first-order valence-electron chi connectivity index (χ1n) is 18.1. The van der Waals surface area contributed by atoms with E-state index in [0.717, 1.165) is 44.9 Å². The van der Waals surface area contributed by atoms with Crippen molar-refractivity contribution >= 4 is 11.9 Å². The van der Waals surface area contributed by atoms with Crippen molar-refractivity contribution < 1.29 is 98.2 Å². The summed E-state index contributed by atoms with van der Waals surface area (Å²) in [5.41, 5.74) is 0.186. The summed E-state index contributed by atoms with van der Waals surface area (Å²) in [5, 5.41) is 65.5. The molecular weight excluding hydrogens is 679 g/mol. The maximum absolute atomic E-state index is 13.5. The van der Waals surface area contributed by atoms with Gasteiger partial charge in [0.05, 0.1) is 42.6 Å². The van der Waals surface area contributed by atoms with E-state index in [0.29, 0.717) is 12.8 Å². The second kappa shape index (κ2) is 19.9. The van der Waals surface area contributed by atoms with Crippen LogP contribution in [0.4, 0.5) is 0 Å². The van der Waals surface area contributed by atoms with Crippen molar-refractivity contribution in [2.24, 2.45) is 11.8 Å². The Morgan fingerprint density at radius 2 is 1.55 bits per heavy atom. The van der Waals surface area contributed by atoms with E-state index in [9.17, 15) is 40.2 Å². The van der Waals surface area contributed by atoms with E-state index < -0.39 is 98.3 Å². The fourth-order valence-corrected chi connectivity index (χ4v) is 7.77. The Morgan fingerprint density at radius 3 is 2.20 bits per heavy atom. The largest absolute Gasteiger partial charge is 1.00 e. The van der Waals surface area contributed by atoms with Crippen LogP contribution in [0.25, 0.3) is 0 Å². The number of rotatable bonds is 13. The average molecular weight is 733 g/mol. The van der Waals surface area contributed by atoms with E-state index in [2.05, 4.69) is 0 Å². The molecule has 282 valence electrons. The van der Waals surface area contributed by atoms with Crippen molar-refractivity contribution in [3.8, 4) is 0 Å². The number of carbonyl (C=O) groups excluding carboxylic acids is 2. The summed E-state index contributed by atoms with van der Waals surface area (Å²) in [4.78, 5) is 25.9. The number of aliphatic hydroxyl groups is 5. The molecule has 4 fully saturated rings. The number of carboxylic acids is 1. The first-order valence-corrected chi connectivity index (χ1v) is 18.1. The Kier molecular flexibility index (Phi) is 16.6. The normalized spacial score (nSPS) is 38.3. The van der Waals surface area contributed by atoms with Crippen molar-refractivity contribution in [1.29, 1.82) is 0 Å². The first kappa shape index (κ1) is 42.5. The van der Waals surface area contributed by atoms with Gasteiger partial charge in [0.25, 0.3) is 0 Å². The van der Waals surface area contributed by atoms with Crippen LogP contribution in [-0.2, 0) is 33.2 Å². The molecule has 0 amide bonds. The zero-order valence-corrected chi connectivity index (χ0v) is 31.7. The van der Waals surface area contributed by atoms with Gasteiger partial charge in [-0.2, -0.15) is 0 Å². The van der Waals surface area contributed by atoms with Crippen LogP contribution >= 0.6 is 0 Å². The maximum Gasteiger partial charge on any atom is 1.00 e. The van der Waals surface area contributed by atoms with Gasteiger partial charge in [0, 0.05) is 0 Å². The number of hydrogen-bond acceptors (Lipinski definition) is 14. The van der Waals surface area contributed by atoms with Gasteiger partial charge in [-0.15, -0.1) is 0 Å². The van der Waals surface area contributed by atoms with Crippen LogP contribution in [0.2, 0.25) is 0 Å². The molecule has 15 heteroatoms. The summed E-state index contributed by atoms with van der Waals surface area (Å²) in [6, 6.07) is 8.10. The van der Waals surface area contributed by atoms with Crippen LogP contribution in [0.15, 0.2) is 30.3 Å². The third-order valence-corrected chi connectivity index (χ3v) is 10.7. The summed E-state index contributed by atoms with van der Waals surface area (Å²) in [6.07, 6.45) is -9.42. The zero-order chi connectivity index (χ0) is 35.9. The third kappa shape index (κ3) is 10.5. The molecular formula is C36H53NaO14. The molecule has 2 saturated carbocycles. The van der Waals surface area contributed by atoms with Crippen LogP contribution in [0.1, 0.15) is 88.4 Å². The second-order valence-corrected chi connectivity index (χ2v) is 14.2. The van der Waals surface area contributed by atoms with Crippen molar-refractivity contribution in [2.75, 3.05) is 6.61 Å². The number of benzene rings is 1. The molecule has 0 aromatic heterocycles. The second-order valence-electron chi connectivity index (χ2n) is 14.2. The fourth-order valence-electron chi connectivity index (χ4n) is 7.77. The molecule has 0 bridgehead atoms. The molecule has 14 nitrogen and oxygen atoms in total. The Balaban J connectivity index is 0.00000583. The molecule has 2 saturated heterocycles. The van der Waals surface area contributed by atoms with E-state index in [1.54, 1.807) is 25.1 Å². The first-order chi connectivity index (χ1) is 24.0. The minimum atomic E-state index is -1.61. The number of aliphatic hydroxyl groups excluding tert-OH is 5. The van der Waals surface area contributed by atoms with Crippen LogP contribution < -0.4 is 34.7 Å². The molecule has 1 aromatic rings. The topological polar surface area (TPSA) is 214 Å². The van der Waals surface area contributed by atoms with E-state index in [1.807, 2.05) is 6.92 Å². The monoisotopic (exact) mass is 732 g/mol. The molecule has 0 radical (unpaired) electrons. The molecule has 51 heavy (non-hydrogen) atoms. The van der Waals surface area contributed by atoms with Crippen LogP contribution in [0, 0.1) is 11.8 Å². The van der Waals surface area contributed by atoms with Gasteiger partial charge in [0.1, 0.15) is 36.6 Å². The van der Waals surface area contributed by atoms with E-state index in [4.69, 9.17) is 28.4 Å². The summed E-state index contributed by atoms with van der Waals surface area (Å²) in [6.45, 7) is 2.85. The number of carboxylic acid groups (broad SMARTS) is 1. The summed E-state index contributed by atoms with van der Waals surface area (Å²) in [7, 11) is 0. The third-order valence-electron chi connectivity index (χ3n) is 10.7. The number of hydrogen-bond donors (Lipinski definition) is 5. The van der Waals surface area contributed by atoms with Crippen LogP contribution in [0.5, 0.6) is 0 Å². The summed E-state index contributed by atoms with van der Waals surface area (Å²) in [5.74, 6) is -2.29. The molecule has 5 N–H and O–H groups in total. The van der Waals surface area contributed by atoms with E-state index in [1.165, 1.54) is 12.1 Å². The Bertz CT molecular complexity index is 1220. The van der Waals surface area contributed by atoms with Gasteiger partial charge < -0.3 is 63.9 Å². The maximum atomic E-state index is 13.5. The number of aliphatic carboxylic acids is 1. The predicted molar refractivity (Wildman–Crippen MR) is 172 cm³/mol. The Morgan fingerprint density at radius 1 is 0.843 bits per heavy atom. The van der Waals surface area contributed by atoms with Crippen LogP contribution in [0.3, 0.4) is 0 Å². The molecule has 2 heterocycles. The average Bonchev–Trinajstić information content (AvgIpc) is 3.12. The minimum Gasteiger partial charge on any atom is -0.547 e. The van der Waals surface area contributed by atoms with Gasteiger partial charge in [0.15, 0.2) is 18.7 Å². The molecule has 2 aliphatic heterocycles. The standard InChI is InChI=1S/C36H54O14.Na/c1-3-21-15-10-16-23(30(21)50-35-29(41)28(40)26(38)19(2)45-35)47-36-32(49-34(44)22-13-8-5-9-14-22)31(27(39)25(18-37)48-36)46-24(33(42)43)17-20-11-6-4-7-12-20;/h5,8-9,13-14,19-21,23-32,35-41H,3-4,6-7,10-12,15-18H2,1-2H3,(H,42,43);/q;+1/p-1/t19-,21?,23+,24-,25+,26+,27-,28+,29-,30+,31-,32+,35-,36+;/m0./s1. The number of ether oxygens (including phenoxy) is 6. The SMILES string of the molecule is CCC1CCC[C@@H](O[C@@H]2O[C@H](CO)[C@H](O)[C@H](O[C@@H](CC3CCCCC3)C(=O)[O-])[C@H]2OC(=O)c2ccccc2)[C@@H]1O[C@@H]1O[C@@H](C)[C@@H](O)[C@@H](O)[C@@H]1O.[Na+]. The predicted octanol–water partition coefficient (Wildman–Crippen LogP) is -2.42. The summed E-state index contributed by atoms with van der Waals surface area (Å²) >= 11 is 0. The van der Waals surface area contributed by atoms with Crippen molar-refractivity contribution in [1.82, 2.24) is 0 Å². The van der Waals surface area contributed by atoms with Gasteiger partial charge in [-0.05, 0) is 50.2 Å². The Labute approximate surface area is 321 Å². The van der Waals surface area contributed by atoms with Gasteiger partial charge in [-0.1, -0.05) is 70.1 Å². The Hall–Kier alpha value is -1.24. The van der Waals surface area contributed by atoms with Gasteiger partial charge in [0.2, 0.25) is 0 Å². The van der Waals surface area contributed by atoms with Gasteiger partial charge in [-0.25, -0.2) is 4.79 Å². The molecule has 1 unspecified atom stereocenters. The van der Waals surface area contributed by atoms with Crippen LogP contribution in [-0.4, -0.2) is 124 Å². The zero-order valence-electron chi connectivity index (χ0n) is 29.7. The van der Waals surface area contributed by atoms with E-state index >= 15 is 0 Å². The molecule has 14 atom stereocenters. The van der Waals surface area contributed by atoms with Gasteiger partial charge in [-0.3, -0.25) is 0 Å². The van der Waals surface area contributed by atoms with Crippen molar-refractivity contribution in [3.05, 3.63) is 35.9 Å². The summed E-state index contributed by atoms with van der Waals surface area (Å²) < 4.78 is 36.7. The fraction of sp³-hybridized carbons (Fsp3) is 0.778. The molecule has 1 aromatic carbocycles. The molecule has 4 aliphatic rings. The quantitative estimate of drug-likeness (QED) is 0.106.